The topological polar surface area (TPSA) is 78.6 Å². The van der Waals surface area contributed by atoms with Gasteiger partial charge in [0.1, 0.15) is 0 Å². The Hall–Kier alpha value is -1.88. The number of carbonyl (C=O) groups excluding carboxylic acids is 2. The molecule has 0 saturated heterocycles. The third kappa shape index (κ3) is 5.95. The largest absolute Gasteiger partial charge is 0.423 e. The Balaban J connectivity index is 2.93. The SMILES string of the molecule is CCCC(=O)Oc1ccc(CCN)cc1OC(=O)CCC. The molecule has 5 nitrogen and oxygen atoms in total. The van der Waals surface area contributed by atoms with Gasteiger partial charge in [0.2, 0.25) is 0 Å². The van der Waals surface area contributed by atoms with Gasteiger partial charge in [-0.15, -0.1) is 0 Å². The fourth-order valence-corrected chi connectivity index (χ4v) is 1.79. The molecule has 0 unspecified atom stereocenters. The Morgan fingerprint density at radius 1 is 1.00 bits per heavy atom. The molecule has 0 heterocycles. The maximum atomic E-state index is 11.7. The fraction of sp³-hybridized carbons (Fsp3) is 0.500. The fourth-order valence-electron chi connectivity index (χ4n) is 1.79. The summed E-state index contributed by atoms with van der Waals surface area (Å²) in [6.07, 6.45) is 2.72. The van der Waals surface area contributed by atoms with Crippen molar-refractivity contribution in [2.45, 2.75) is 46.0 Å². The van der Waals surface area contributed by atoms with E-state index >= 15 is 0 Å². The molecular formula is C16H23NO4. The molecule has 21 heavy (non-hydrogen) atoms. The summed E-state index contributed by atoms with van der Waals surface area (Å²) in [5.74, 6) is -0.116. The van der Waals surface area contributed by atoms with Crippen LogP contribution in [0.3, 0.4) is 0 Å². The Bertz CT molecular complexity index is 485. The van der Waals surface area contributed by atoms with Gasteiger partial charge in [-0.2, -0.15) is 0 Å². The van der Waals surface area contributed by atoms with Crippen LogP contribution in [0.1, 0.15) is 45.1 Å². The standard InChI is InChI=1S/C16H23NO4/c1-3-5-15(18)20-13-8-7-12(9-10-17)11-14(13)21-16(19)6-4-2/h7-8,11H,3-6,9-10,17H2,1-2H3. The van der Waals surface area contributed by atoms with Gasteiger partial charge < -0.3 is 15.2 Å². The first-order valence-electron chi connectivity index (χ1n) is 7.35. The number of rotatable bonds is 8. The minimum atomic E-state index is -0.338. The van der Waals surface area contributed by atoms with Gasteiger partial charge in [-0.3, -0.25) is 9.59 Å². The van der Waals surface area contributed by atoms with Crippen LogP contribution in [0.4, 0.5) is 0 Å². The van der Waals surface area contributed by atoms with Crippen molar-refractivity contribution in [1.29, 1.82) is 0 Å². The van der Waals surface area contributed by atoms with Crippen LogP contribution >= 0.6 is 0 Å². The molecule has 2 N–H and O–H groups in total. The lowest BCUT2D eigenvalue weighted by Gasteiger charge is -2.12. The van der Waals surface area contributed by atoms with Crippen LogP contribution in [0, 0.1) is 0 Å². The van der Waals surface area contributed by atoms with E-state index in [9.17, 15) is 9.59 Å². The zero-order chi connectivity index (χ0) is 15.7. The van der Waals surface area contributed by atoms with Crippen molar-refractivity contribution in [3.8, 4) is 11.5 Å². The Labute approximate surface area is 125 Å². The molecule has 0 amide bonds. The molecule has 1 aromatic rings. The van der Waals surface area contributed by atoms with Crippen molar-refractivity contribution < 1.29 is 19.1 Å². The molecule has 0 fully saturated rings. The molecule has 0 spiro atoms. The van der Waals surface area contributed by atoms with Crippen LogP contribution in [-0.2, 0) is 16.0 Å². The third-order valence-electron chi connectivity index (χ3n) is 2.80. The highest BCUT2D eigenvalue weighted by molar-refractivity contribution is 5.76. The monoisotopic (exact) mass is 293 g/mol. The van der Waals surface area contributed by atoms with E-state index in [0.717, 1.165) is 5.56 Å². The Morgan fingerprint density at radius 2 is 1.57 bits per heavy atom. The molecule has 116 valence electrons. The van der Waals surface area contributed by atoms with Gasteiger partial charge in [0.25, 0.3) is 0 Å². The van der Waals surface area contributed by atoms with E-state index in [-0.39, 0.29) is 23.4 Å². The zero-order valence-electron chi connectivity index (χ0n) is 12.7. The lowest BCUT2D eigenvalue weighted by molar-refractivity contribution is -0.137. The van der Waals surface area contributed by atoms with E-state index in [1.54, 1.807) is 12.1 Å². The van der Waals surface area contributed by atoms with E-state index in [2.05, 4.69) is 0 Å². The van der Waals surface area contributed by atoms with Crippen LogP contribution in [0.25, 0.3) is 0 Å². The van der Waals surface area contributed by atoms with Gasteiger partial charge >= 0.3 is 11.9 Å². The summed E-state index contributed by atoms with van der Waals surface area (Å²) in [4.78, 5) is 23.3. The minimum absolute atomic E-state index is 0.277. The van der Waals surface area contributed by atoms with Crippen LogP contribution in [0.15, 0.2) is 18.2 Å². The van der Waals surface area contributed by atoms with Crippen LogP contribution < -0.4 is 15.2 Å². The molecule has 0 aliphatic rings. The molecular weight excluding hydrogens is 270 g/mol. The number of ether oxygens (including phenoxy) is 2. The first-order chi connectivity index (χ1) is 10.1. The van der Waals surface area contributed by atoms with E-state index in [0.29, 0.717) is 38.6 Å². The van der Waals surface area contributed by atoms with E-state index in [1.165, 1.54) is 0 Å². The Morgan fingerprint density at radius 3 is 2.10 bits per heavy atom. The van der Waals surface area contributed by atoms with Gasteiger partial charge in [0, 0.05) is 12.8 Å². The molecule has 1 rings (SSSR count). The normalized spacial score (nSPS) is 10.2. The molecule has 0 aromatic heterocycles. The summed E-state index contributed by atoms with van der Waals surface area (Å²) in [5.41, 5.74) is 6.46. The van der Waals surface area contributed by atoms with Crippen molar-refractivity contribution in [1.82, 2.24) is 0 Å². The highest BCUT2D eigenvalue weighted by atomic mass is 16.6. The number of benzene rings is 1. The van der Waals surface area contributed by atoms with E-state index in [1.807, 2.05) is 19.9 Å². The first-order valence-corrected chi connectivity index (χ1v) is 7.35. The number of esters is 2. The number of hydrogen-bond acceptors (Lipinski definition) is 5. The highest BCUT2D eigenvalue weighted by Gasteiger charge is 2.14. The molecule has 0 bridgehead atoms. The van der Waals surface area contributed by atoms with Gasteiger partial charge in [0.15, 0.2) is 11.5 Å². The second-order valence-electron chi connectivity index (χ2n) is 4.77. The predicted molar refractivity (Wildman–Crippen MR) is 80.3 cm³/mol. The summed E-state index contributed by atoms with van der Waals surface area (Å²) in [6.45, 7) is 4.29. The molecule has 0 radical (unpaired) electrons. The maximum absolute atomic E-state index is 11.7. The third-order valence-corrected chi connectivity index (χ3v) is 2.80. The number of hydrogen-bond donors (Lipinski definition) is 1. The average Bonchev–Trinajstić information content (AvgIpc) is 2.42. The van der Waals surface area contributed by atoms with Gasteiger partial charge in [-0.25, -0.2) is 0 Å². The van der Waals surface area contributed by atoms with Crippen LogP contribution in [0.2, 0.25) is 0 Å². The predicted octanol–water partition coefficient (Wildman–Crippen LogP) is 2.60. The summed E-state index contributed by atoms with van der Waals surface area (Å²) < 4.78 is 10.5. The summed E-state index contributed by atoms with van der Waals surface area (Å²) in [7, 11) is 0. The minimum Gasteiger partial charge on any atom is -0.423 e. The summed E-state index contributed by atoms with van der Waals surface area (Å²) in [5, 5.41) is 0. The van der Waals surface area contributed by atoms with Crippen LogP contribution in [-0.4, -0.2) is 18.5 Å². The molecule has 1 aromatic carbocycles. The number of nitrogens with two attached hydrogens (primary N) is 1. The maximum Gasteiger partial charge on any atom is 0.311 e. The highest BCUT2D eigenvalue weighted by Crippen LogP contribution is 2.29. The second-order valence-corrected chi connectivity index (χ2v) is 4.77. The second kappa shape index (κ2) is 9.13. The quantitative estimate of drug-likeness (QED) is 0.588. The average molecular weight is 293 g/mol. The molecule has 0 saturated carbocycles. The molecule has 0 atom stereocenters. The lowest BCUT2D eigenvalue weighted by atomic mass is 10.1. The van der Waals surface area contributed by atoms with Crippen molar-refractivity contribution in [2.24, 2.45) is 5.73 Å². The summed E-state index contributed by atoms with van der Waals surface area (Å²) in [6, 6.07) is 5.17. The van der Waals surface area contributed by atoms with Crippen molar-refractivity contribution >= 4 is 11.9 Å². The van der Waals surface area contributed by atoms with E-state index in [4.69, 9.17) is 15.2 Å². The zero-order valence-corrected chi connectivity index (χ0v) is 12.7. The first kappa shape index (κ1) is 17.2. The van der Waals surface area contributed by atoms with Gasteiger partial charge in [-0.05, 0) is 43.5 Å². The number of carbonyl (C=O) groups is 2. The van der Waals surface area contributed by atoms with Crippen LogP contribution in [0.5, 0.6) is 11.5 Å². The molecule has 0 aliphatic carbocycles. The summed E-state index contributed by atoms with van der Waals surface area (Å²) >= 11 is 0. The van der Waals surface area contributed by atoms with Crippen molar-refractivity contribution in [2.75, 3.05) is 6.54 Å². The smallest absolute Gasteiger partial charge is 0.311 e. The van der Waals surface area contributed by atoms with Gasteiger partial charge in [-0.1, -0.05) is 19.9 Å². The molecule has 5 heteroatoms. The Kier molecular flexibility index (Phi) is 7.46. The van der Waals surface area contributed by atoms with Gasteiger partial charge in [0.05, 0.1) is 0 Å². The van der Waals surface area contributed by atoms with E-state index < -0.39 is 0 Å². The van der Waals surface area contributed by atoms with Crippen molar-refractivity contribution in [3.05, 3.63) is 23.8 Å². The molecule has 0 aliphatic heterocycles. The lowest BCUT2D eigenvalue weighted by Crippen LogP contribution is -2.12. The van der Waals surface area contributed by atoms with Crippen molar-refractivity contribution in [3.63, 3.8) is 0 Å².